The molecule has 0 bridgehead atoms. The number of pyridine rings is 2. The summed E-state index contributed by atoms with van der Waals surface area (Å²) in [5, 5.41) is 2.18. The van der Waals surface area contributed by atoms with Crippen LogP contribution in [0.4, 0.5) is 0 Å². The van der Waals surface area contributed by atoms with Crippen LogP contribution in [-0.2, 0) is 9.53 Å². The second kappa shape index (κ2) is 8.63. The topological polar surface area (TPSA) is 76.6 Å². The summed E-state index contributed by atoms with van der Waals surface area (Å²) in [7, 11) is 1.68. The van der Waals surface area contributed by atoms with Gasteiger partial charge in [0.15, 0.2) is 0 Å². The molecule has 29 heavy (non-hydrogen) atoms. The van der Waals surface area contributed by atoms with Gasteiger partial charge in [-0.1, -0.05) is 31.3 Å². The number of amides is 1. The third-order valence-corrected chi connectivity index (χ3v) is 6.41. The third kappa shape index (κ3) is 4.03. The minimum absolute atomic E-state index is 0.0220. The number of methoxy groups -OCH3 is 1. The van der Waals surface area contributed by atoms with E-state index in [1.165, 1.54) is 0 Å². The van der Waals surface area contributed by atoms with Gasteiger partial charge in [0.2, 0.25) is 11.8 Å². The number of hydrogen-bond acceptors (Lipinski definition) is 7. The zero-order chi connectivity index (χ0) is 20.5. The number of nitrogens with one attached hydrogen (secondary N) is 1. The van der Waals surface area contributed by atoms with E-state index < -0.39 is 0 Å². The lowest BCUT2D eigenvalue weighted by atomic mass is 9.80. The van der Waals surface area contributed by atoms with Crippen LogP contribution < -0.4 is 9.46 Å². The molecule has 1 aliphatic heterocycles. The summed E-state index contributed by atoms with van der Waals surface area (Å²) in [6, 6.07) is 1.87. The number of hydrogen-bond donors (Lipinski definition) is 2. The minimum Gasteiger partial charge on any atom is -0.474 e. The van der Waals surface area contributed by atoms with Crippen LogP contribution in [0.25, 0.3) is 10.8 Å². The second-order valence-electron chi connectivity index (χ2n) is 7.67. The van der Waals surface area contributed by atoms with E-state index in [0.29, 0.717) is 37.0 Å². The Morgan fingerprint density at radius 2 is 2.07 bits per heavy atom. The van der Waals surface area contributed by atoms with Gasteiger partial charge in [-0.25, -0.2) is 9.97 Å². The largest absolute Gasteiger partial charge is 0.474 e. The van der Waals surface area contributed by atoms with E-state index in [4.69, 9.17) is 21.1 Å². The predicted octanol–water partition coefficient (Wildman–Crippen LogP) is 3.18. The average Bonchev–Trinajstić information content (AvgIpc) is 2.65. The Bertz CT molecular complexity index is 899. The molecule has 0 radical (unpaired) electrons. The summed E-state index contributed by atoms with van der Waals surface area (Å²) >= 11 is 10.4. The van der Waals surface area contributed by atoms with Crippen molar-refractivity contribution in [3.8, 4) is 5.88 Å². The summed E-state index contributed by atoms with van der Waals surface area (Å²) < 4.78 is 14.4. The Kier molecular flexibility index (Phi) is 6.15. The van der Waals surface area contributed by atoms with E-state index in [1.807, 2.05) is 11.0 Å². The van der Waals surface area contributed by atoms with Crippen molar-refractivity contribution in [3.63, 3.8) is 0 Å². The van der Waals surface area contributed by atoms with E-state index in [0.717, 1.165) is 22.8 Å². The van der Waals surface area contributed by atoms with Gasteiger partial charge in [-0.15, -0.1) is 0 Å². The van der Waals surface area contributed by atoms with E-state index in [9.17, 15) is 4.79 Å². The lowest BCUT2D eigenvalue weighted by Gasteiger charge is -2.43. The molecule has 3 heterocycles. The van der Waals surface area contributed by atoms with Gasteiger partial charge in [0.1, 0.15) is 11.3 Å². The first kappa shape index (κ1) is 20.7. The molecule has 1 amide bonds. The molecular weight excluding hydrogens is 412 g/mol. The molecule has 2 aromatic rings. The standard InChI is InChI=1S/C20H25ClN4O3S/c1-3-17(24-29)15-7-23-19(16-8-22-18(21)6-14(15)16)28-12-4-11(5-12)20(26)25-9-13(10-25)27-2/h6-8,11-13,17,24,29H,3-5,9-10H2,1-2H3. The summed E-state index contributed by atoms with van der Waals surface area (Å²) in [4.78, 5) is 23.1. The van der Waals surface area contributed by atoms with E-state index in [-0.39, 0.29) is 30.1 Å². The van der Waals surface area contributed by atoms with Gasteiger partial charge in [-0.05, 0) is 36.3 Å². The first-order chi connectivity index (χ1) is 14.0. The van der Waals surface area contributed by atoms with Crippen molar-refractivity contribution in [1.82, 2.24) is 19.6 Å². The summed E-state index contributed by atoms with van der Waals surface area (Å²) in [5.41, 5.74) is 1.00. The Labute approximate surface area is 180 Å². The Morgan fingerprint density at radius 1 is 1.31 bits per heavy atom. The fourth-order valence-electron chi connectivity index (χ4n) is 3.91. The molecule has 2 aliphatic rings. The summed E-state index contributed by atoms with van der Waals surface area (Å²) in [6.45, 7) is 3.45. The Morgan fingerprint density at radius 3 is 2.72 bits per heavy atom. The third-order valence-electron chi connectivity index (χ3n) is 5.89. The lowest BCUT2D eigenvalue weighted by Crippen LogP contribution is -2.58. The van der Waals surface area contributed by atoms with Crippen LogP contribution in [0, 0.1) is 5.92 Å². The van der Waals surface area contributed by atoms with Gasteiger partial charge in [0.25, 0.3) is 0 Å². The highest BCUT2D eigenvalue weighted by Gasteiger charge is 2.42. The van der Waals surface area contributed by atoms with E-state index >= 15 is 0 Å². The highest BCUT2D eigenvalue weighted by Crippen LogP contribution is 2.37. The molecule has 1 unspecified atom stereocenters. The zero-order valence-corrected chi connectivity index (χ0v) is 18.1. The molecule has 0 spiro atoms. The lowest BCUT2D eigenvalue weighted by molar-refractivity contribution is -0.153. The molecule has 9 heteroatoms. The molecule has 4 rings (SSSR count). The van der Waals surface area contributed by atoms with Crippen LogP contribution >= 0.6 is 24.4 Å². The van der Waals surface area contributed by atoms with Crippen molar-refractivity contribution in [2.24, 2.45) is 5.92 Å². The SMILES string of the molecule is CCC(NS)c1cnc(OC2CC(C(=O)N3CC(OC)C3)C2)c2cnc(Cl)cc12. The fourth-order valence-corrected chi connectivity index (χ4v) is 4.39. The first-order valence-corrected chi connectivity index (χ1v) is 10.7. The van der Waals surface area contributed by atoms with E-state index in [1.54, 1.807) is 19.5 Å². The second-order valence-corrected chi connectivity index (χ2v) is 8.32. The molecule has 1 aliphatic carbocycles. The number of rotatable bonds is 7. The van der Waals surface area contributed by atoms with Gasteiger partial charge in [0, 0.05) is 44.6 Å². The molecule has 156 valence electrons. The quantitative estimate of drug-likeness (QED) is 0.512. The van der Waals surface area contributed by atoms with Gasteiger partial charge < -0.3 is 14.4 Å². The fraction of sp³-hybridized carbons (Fsp3) is 0.550. The average molecular weight is 437 g/mol. The number of aromatic nitrogens is 2. The number of carbonyl (C=O) groups excluding carboxylic acids is 1. The van der Waals surface area contributed by atoms with Gasteiger partial charge in [0.05, 0.1) is 11.5 Å². The molecule has 0 aromatic carbocycles. The molecule has 1 saturated heterocycles. The molecule has 1 saturated carbocycles. The number of nitrogens with zero attached hydrogens (tertiary/aromatic N) is 3. The van der Waals surface area contributed by atoms with Gasteiger partial charge >= 0.3 is 0 Å². The zero-order valence-electron chi connectivity index (χ0n) is 16.5. The molecule has 1 N–H and O–H groups in total. The highest BCUT2D eigenvalue weighted by atomic mass is 35.5. The maximum Gasteiger partial charge on any atom is 0.226 e. The van der Waals surface area contributed by atoms with E-state index in [2.05, 4.69) is 34.4 Å². The summed E-state index contributed by atoms with van der Waals surface area (Å²) in [6.07, 6.45) is 5.92. The van der Waals surface area contributed by atoms with Crippen molar-refractivity contribution >= 4 is 41.1 Å². The Balaban J connectivity index is 1.46. The number of fused-ring (bicyclic) bond motifs is 1. The van der Waals surface area contributed by atoms with Gasteiger partial charge in [-0.3, -0.25) is 9.52 Å². The Hall–Kier alpha value is -1.61. The number of carbonyl (C=O) groups is 1. The first-order valence-electron chi connectivity index (χ1n) is 9.86. The monoisotopic (exact) mass is 436 g/mol. The van der Waals surface area contributed by atoms with Gasteiger partial charge in [-0.2, -0.15) is 0 Å². The molecule has 7 nitrogen and oxygen atoms in total. The van der Waals surface area contributed by atoms with Crippen LogP contribution in [0.3, 0.4) is 0 Å². The van der Waals surface area contributed by atoms with Crippen molar-refractivity contribution < 1.29 is 14.3 Å². The maximum absolute atomic E-state index is 12.5. The molecule has 1 atom stereocenters. The number of thiol groups is 1. The van der Waals surface area contributed by atoms with Crippen molar-refractivity contribution in [2.45, 2.75) is 44.4 Å². The molecule has 2 fully saturated rings. The normalized spacial score (nSPS) is 22.8. The summed E-state index contributed by atoms with van der Waals surface area (Å²) in [5.74, 6) is 0.750. The van der Waals surface area contributed by atoms with Crippen LogP contribution in [0.2, 0.25) is 5.15 Å². The van der Waals surface area contributed by atoms with Crippen molar-refractivity contribution in [2.75, 3.05) is 20.2 Å². The van der Waals surface area contributed by atoms with Crippen molar-refractivity contribution in [3.05, 3.63) is 29.2 Å². The van der Waals surface area contributed by atoms with Crippen LogP contribution in [0.1, 0.15) is 37.8 Å². The maximum atomic E-state index is 12.5. The molecule has 2 aromatic heterocycles. The van der Waals surface area contributed by atoms with Crippen LogP contribution in [-0.4, -0.2) is 53.2 Å². The molecular formula is C20H25ClN4O3S. The van der Waals surface area contributed by atoms with Crippen LogP contribution in [0.15, 0.2) is 18.5 Å². The van der Waals surface area contributed by atoms with Crippen LogP contribution in [0.5, 0.6) is 5.88 Å². The highest BCUT2D eigenvalue weighted by molar-refractivity contribution is 7.78. The number of likely N-dealkylation sites (tertiary alicyclic amines) is 1. The smallest absolute Gasteiger partial charge is 0.226 e. The number of halogens is 1. The minimum atomic E-state index is -0.0225. The number of ether oxygens (including phenoxy) is 2. The van der Waals surface area contributed by atoms with Crippen molar-refractivity contribution in [1.29, 1.82) is 0 Å². The predicted molar refractivity (Wildman–Crippen MR) is 114 cm³/mol.